The molecule has 0 aromatic heterocycles. The Labute approximate surface area is 106 Å². The van der Waals surface area contributed by atoms with E-state index in [4.69, 9.17) is 10.6 Å². The average Bonchev–Trinajstić information content (AvgIpc) is 2.42. The highest BCUT2D eigenvalue weighted by molar-refractivity contribution is 5.74. The van der Waals surface area contributed by atoms with E-state index in [-0.39, 0.29) is 6.04 Å². The SMILES string of the molecule is NN1C=CC=C[C@@H]1CCOc1ccc(C=O)cc1. The number of hydrogen-bond donors (Lipinski definition) is 1. The van der Waals surface area contributed by atoms with Crippen LogP contribution in [0.4, 0.5) is 0 Å². The van der Waals surface area contributed by atoms with Crippen LogP contribution < -0.4 is 10.6 Å². The Morgan fingerprint density at radius 1 is 1.28 bits per heavy atom. The summed E-state index contributed by atoms with van der Waals surface area (Å²) < 4.78 is 5.60. The second-order valence-corrected chi connectivity index (χ2v) is 4.07. The molecule has 1 aliphatic rings. The van der Waals surface area contributed by atoms with E-state index in [0.717, 1.165) is 18.5 Å². The van der Waals surface area contributed by atoms with Gasteiger partial charge in [0.15, 0.2) is 0 Å². The molecule has 4 nitrogen and oxygen atoms in total. The molecule has 18 heavy (non-hydrogen) atoms. The molecule has 0 aliphatic carbocycles. The number of ether oxygens (including phenoxy) is 1. The summed E-state index contributed by atoms with van der Waals surface area (Å²) in [5.41, 5.74) is 0.649. The fourth-order valence-corrected chi connectivity index (χ4v) is 1.74. The van der Waals surface area contributed by atoms with Crippen molar-refractivity contribution in [1.29, 1.82) is 0 Å². The number of benzene rings is 1. The maximum absolute atomic E-state index is 10.5. The fraction of sp³-hybridized carbons (Fsp3) is 0.214. The highest BCUT2D eigenvalue weighted by Gasteiger charge is 2.10. The lowest BCUT2D eigenvalue weighted by Gasteiger charge is -2.25. The maximum atomic E-state index is 10.5. The highest BCUT2D eigenvalue weighted by atomic mass is 16.5. The zero-order valence-electron chi connectivity index (χ0n) is 10.0. The Morgan fingerprint density at radius 3 is 2.72 bits per heavy atom. The molecule has 1 aliphatic heterocycles. The predicted molar refractivity (Wildman–Crippen MR) is 70.0 cm³/mol. The minimum atomic E-state index is 0.171. The van der Waals surface area contributed by atoms with E-state index in [2.05, 4.69) is 0 Å². The Kier molecular flexibility index (Phi) is 4.15. The minimum absolute atomic E-state index is 0.171. The zero-order valence-corrected chi connectivity index (χ0v) is 10.0. The first-order valence-electron chi connectivity index (χ1n) is 5.85. The molecule has 0 fully saturated rings. The standard InChI is InChI=1S/C14H16N2O2/c15-16-9-2-1-3-13(16)8-10-18-14-6-4-12(11-17)5-7-14/h1-7,9,11,13H,8,10,15H2/t13-/m1/s1. The zero-order chi connectivity index (χ0) is 12.8. The van der Waals surface area contributed by atoms with E-state index in [1.165, 1.54) is 0 Å². The Balaban J connectivity index is 1.79. The molecule has 1 aromatic rings. The van der Waals surface area contributed by atoms with Crippen molar-refractivity contribution >= 4 is 6.29 Å². The van der Waals surface area contributed by atoms with Crippen molar-refractivity contribution in [3.05, 3.63) is 54.3 Å². The van der Waals surface area contributed by atoms with E-state index in [9.17, 15) is 4.79 Å². The molecule has 0 spiro atoms. The molecular formula is C14H16N2O2. The number of carbonyl (C=O) groups excluding carboxylic acids is 1. The van der Waals surface area contributed by atoms with E-state index in [0.29, 0.717) is 12.2 Å². The van der Waals surface area contributed by atoms with Crippen LogP contribution in [0.2, 0.25) is 0 Å². The van der Waals surface area contributed by atoms with Gasteiger partial charge in [-0.15, -0.1) is 0 Å². The van der Waals surface area contributed by atoms with E-state index < -0.39 is 0 Å². The summed E-state index contributed by atoms with van der Waals surface area (Å²) in [6, 6.07) is 7.23. The van der Waals surface area contributed by atoms with E-state index in [1.54, 1.807) is 29.3 Å². The van der Waals surface area contributed by atoms with Gasteiger partial charge in [-0.2, -0.15) is 0 Å². The molecule has 2 rings (SSSR count). The van der Waals surface area contributed by atoms with Crippen molar-refractivity contribution in [1.82, 2.24) is 5.01 Å². The van der Waals surface area contributed by atoms with Gasteiger partial charge in [-0.05, 0) is 30.3 Å². The molecule has 0 saturated carbocycles. The van der Waals surface area contributed by atoms with E-state index >= 15 is 0 Å². The number of nitrogens with two attached hydrogens (primary N) is 1. The lowest BCUT2D eigenvalue weighted by Crippen LogP contribution is -2.37. The van der Waals surface area contributed by atoms with Gasteiger partial charge in [-0.25, -0.2) is 5.84 Å². The van der Waals surface area contributed by atoms with Crippen molar-refractivity contribution in [3.8, 4) is 5.75 Å². The molecule has 1 heterocycles. The van der Waals surface area contributed by atoms with Crippen molar-refractivity contribution in [3.63, 3.8) is 0 Å². The minimum Gasteiger partial charge on any atom is -0.494 e. The van der Waals surface area contributed by atoms with Crippen molar-refractivity contribution < 1.29 is 9.53 Å². The number of hydrogen-bond acceptors (Lipinski definition) is 4. The van der Waals surface area contributed by atoms with Gasteiger partial charge in [0, 0.05) is 18.2 Å². The van der Waals surface area contributed by atoms with Gasteiger partial charge in [0.05, 0.1) is 12.6 Å². The van der Waals surface area contributed by atoms with Crippen LogP contribution in [0.5, 0.6) is 5.75 Å². The van der Waals surface area contributed by atoms with Crippen LogP contribution in [0.25, 0.3) is 0 Å². The monoisotopic (exact) mass is 244 g/mol. The van der Waals surface area contributed by atoms with Crippen LogP contribution in [0.1, 0.15) is 16.8 Å². The van der Waals surface area contributed by atoms with Crippen LogP contribution in [-0.2, 0) is 0 Å². The number of allylic oxidation sites excluding steroid dienone is 2. The lowest BCUT2D eigenvalue weighted by molar-refractivity contribution is 0.112. The second-order valence-electron chi connectivity index (χ2n) is 4.07. The van der Waals surface area contributed by atoms with Crippen LogP contribution in [0, 0.1) is 0 Å². The fourth-order valence-electron chi connectivity index (χ4n) is 1.74. The van der Waals surface area contributed by atoms with Crippen LogP contribution in [0.15, 0.2) is 48.7 Å². The molecule has 4 heteroatoms. The molecule has 94 valence electrons. The Morgan fingerprint density at radius 2 is 2.06 bits per heavy atom. The third kappa shape index (κ3) is 3.21. The number of aldehydes is 1. The van der Waals surface area contributed by atoms with Gasteiger partial charge in [0.2, 0.25) is 0 Å². The van der Waals surface area contributed by atoms with Gasteiger partial charge < -0.3 is 9.75 Å². The Hall–Kier alpha value is -2.07. The summed E-state index contributed by atoms with van der Waals surface area (Å²) in [5.74, 6) is 6.56. The van der Waals surface area contributed by atoms with Gasteiger partial charge in [0.1, 0.15) is 12.0 Å². The van der Waals surface area contributed by atoms with Crippen molar-refractivity contribution in [2.75, 3.05) is 6.61 Å². The normalized spacial score (nSPS) is 17.8. The Bertz CT molecular complexity index is 451. The molecule has 1 aromatic carbocycles. The summed E-state index contributed by atoms with van der Waals surface area (Å²) in [5, 5.41) is 1.67. The molecule has 0 radical (unpaired) electrons. The third-order valence-electron chi connectivity index (χ3n) is 2.78. The molecular weight excluding hydrogens is 228 g/mol. The maximum Gasteiger partial charge on any atom is 0.150 e. The quantitative estimate of drug-likeness (QED) is 0.635. The van der Waals surface area contributed by atoms with E-state index in [1.807, 2.05) is 24.4 Å². The van der Waals surface area contributed by atoms with Crippen molar-refractivity contribution in [2.24, 2.45) is 5.84 Å². The predicted octanol–water partition coefficient (Wildman–Crippen LogP) is 1.90. The topological polar surface area (TPSA) is 55.6 Å². The number of rotatable bonds is 5. The first-order valence-corrected chi connectivity index (χ1v) is 5.85. The van der Waals surface area contributed by atoms with Gasteiger partial charge in [-0.1, -0.05) is 12.2 Å². The summed E-state index contributed by atoms with van der Waals surface area (Å²) in [6.45, 7) is 0.580. The molecule has 0 unspecified atom stereocenters. The van der Waals surface area contributed by atoms with Crippen molar-refractivity contribution in [2.45, 2.75) is 12.5 Å². The van der Waals surface area contributed by atoms with Crippen LogP contribution in [-0.4, -0.2) is 23.9 Å². The largest absolute Gasteiger partial charge is 0.494 e. The molecule has 1 atom stereocenters. The third-order valence-corrected chi connectivity index (χ3v) is 2.78. The van der Waals surface area contributed by atoms with Crippen LogP contribution in [0.3, 0.4) is 0 Å². The highest BCUT2D eigenvalue weighted by Crippen LogP contribution is 2.13. The second kappa shape index (κ2) is 6.02. The first-order chi connectivity index (χ1) is 8.79. The molecule has 2 N–H and O–H groups in total. The lowest BCUT2D eigenvalue weighted by atomic mass is 10.1. The summed E-state index contributed by atoms with van der Waals surface area (Å²) >= 11 is 0. The smallest absolute Gasteiger partial charge is 0.150 e. The van der Waals surface area contributed by atoms with Gasteiger partial charge >= 0.3 is 0 Å². The molecule has 0 bridgehead atoms. The number of nitrogens with zero attached hydrogens (tertiary/aromatic N) is 1. The number of carbonyl (C=O) groups is 1. The first kappa shape index (κ1) is 12.4. The number of hydrazine groups is 1. The van der Waals surface area contributed by atoms with Gasteiger partial charge in [-0.3, -0.25) is 4.79 Å². The summed E-state index contributed by atoms with van der Waals surface area (Å²) in [7, 11) is 0. The molecule has 0 amide bonds. The van der Waals surface area contributed by atoms with Crippen LogP contribution >= 0.6 is 0 Å². The van der Waals surface area contributed by atoms with Gasteiger partial charge in [0.25, 0.3) is 0 Å². The molecule has 0 saturated heterocycles. The average molecular weight is 244 g/mol. The summed E-state index contributed by atoms with van der Waals surface area (Å²) in [4.78, 5) is 10.5. The summed E-state index contributed by atoms with van der Waals surface area (Å²) in [6.07, 6.45) is 9.38.